The second-order valence-corrected chi connectivity index (χ2v) is 8.10. The summed E-state index contributed by atoms with van der Waals surface area (Å²) in [5.41, 5.74) is -0.254. The lowest BCUT2D eigenvalue weighted by atomic mass is 9.78. The van der Waals surface area contributed by atoms with E-state index in [1.165, 1.54) is 25.7 Å². The molecule has 2 rings (SSSR count). The van der Waals surface area contributed by atoms with Crippen LogP contribution in [0.1, 0.15) is 66.2 Å². The Morgan fingerprint density at radius 3 is 2.24 bits per heavy atom. The molecule has 0 amide bonds. The average molecular weight is 291 g/mol. The van der Waals surface area contributed by atoms with Crippen molar-refractivity contribution in [2.45, 2.75) is 83.8 Å². The van der Waals surface area contributed by atoms with Crippen LogP contribution in [0.2, 0.25) is 0 Å². The minimum atomic E-state index is -0.254. The maximum atomic E-state index is 9.75. The molecule has 21 heavy (non-hydrogen) atoms. The van der Waals surface area contributed by atoms with Gasteiger partial charge in [0.05, 0.1) is 6.07 Å². The molecule has 0 spiro atoms. The average Bonchev–Trinajstić information content (AvgIpc) is 3.21. The second kappa shape index (κ2) is 7.11. The molecular formula is C18H33N3. The fraction of sp³-hybridized carbons (Fsp3) is 0.944. The van der Waals surface area contributed by atoms with Gasteiger partial charge >= 0.3 is 0 Å². The molecule has 2 unspecified atom stereocenters. The highest BCUT2D eigenvalue weighted by atomic mass is 15.2. The highest BCUT2D eigenvalue weighted by Crippen LogP contribution is 2.34. The molecule has 2 atom stereocenters. The predicted molar refractivity (Wildman–Crippen MR) is 88.0 cm³/mol. The minimum Gasteiger partial charge on any atom is -0.300 e. The van der Waals surface area contributed by atoms with E-state index in [4.69, 9.17) is 0 Å². The normalized spacial score (nSPS) is 30.1. The lowest BCUT2D eigenvalue weighted by molar-refractivity contribution is 0.0960. The number of hydrogen-bond acceptors (Lipinski definition) is 3. The van der Waals surface area contributed by atoms with Crippen molar-refractivity contribution in [3.05, 3.63) is 0 Å². The van der Waals surface area contributed by atoms with Crippen LogP contribution in [0.4, 0.5) is 0 Å². The highest BCUT2D eigenvalue weighted by molar-refractivity contribution is 5.13. The molecule has 3 nitrogen and oxygen atoms in total. The molecule has 0 heterocycles. The first kappa shape index (κ1) is 16.8. The molecule has 2 aliphatic rings. The van der Waals surface area contributed by atoms with E-state index in [0.717, 1.165) is 25.9 Å². The van der Waals surface area contributed by atoms with Crippen LogP contribution >= 0.6 is 0 Å². The molecular weight excluding hydrogens is 258 g/mol. The van der Waals surface area contributed by atoms with Crippen molar-refractivity contribution in [3.8, 4) is 6.07 Å². The van der Waals surface area contributed by atoms with Gasteiger partial charge < -0.3 is 0 Å². The van der Waals surface area contributed by atoms with Crippen LogP contribution in [0.3, 0.4) is 0 Å². The summed E-state index contributed by atoms with van der Waals surface area (Å²) in [4.78, 5) is 2.66. The molecule has 2 aliphatic carbocycles. The first-order valence-corrected chi connectivity index (χ1v) is 8.87. The van der Waals surface area contributed by atoms with E-state index in [9.17, 15) is 5.26 Å². The number of nitrogens with zero attached hydrogens (tertiary/aromatic N) is 2. The zero-order valence-electron chi connectivity index (χ0n) is 14.4. The monoisotopic (exact) mass is 291 g/mol. The third kappa shape index (κ3) is 4.97. The molecule has 0 aromatic heterocycles. The van der Waals surface area contributed by atoms with Crippen molar-refractivity contribution < 1.29 is 0 Å². The van der Waals surface area contributed by atoms with E-state index >= 15 is 0 Å². The summed E-state index contributed by atoms with van der Waals surface area (Å²) < 4.78 is 0. The van der Waals surface area contributed by atoms with E-state index in [1.807, 2.05) is 0 Å². The zero-order valence-corrected chi connectivity index (χ0v) is 14.4. The van der Waals surface area contributed by atoms with Gasteiger partial charge in [0, 0.05) is 25.2 Å². The Bertz CT molecular complexity index is 357. The fourth-order valence-electron chi connectivity index (χ4n) is 3.75. The molecule has 3 heteroatoms. The fourth-order valence-corrected chi connectivity index (χ4v) is 3.75. The highest BCUT2D eigenvalue weighted by Gasteiger charge is 2.41. The summed E-state index contributed by atoms with van der Waals surface area (Å²) in [6, 6.07) is 3.84. The molecule has 1 N–H and O–H groups in total. The van der Waals surface area contributed by atoms with E-state index in [-0.39, 0.29) is 5.54 Å². The second-order valence-electron chi connectivity index (χ2n) is 8.10. The van der Waals surface area contributed by atoms with Crippen molar-refractivity contribution in [1.82, 2.24) is 10.2 Å². The molecule has 0 radical (unpaired) electrons. The van der Waals surface area contributed by atoms with Crippen LogP contribution in [0, 0.1) is 23.2 Å². The molecule has 2 fully saturated rings. The van der Waals surface area contributed by atoms with Gasteiger partial charge in [0.15, 0.2) is 0 Å². The van der Waals surface area contributed by atoms with Gasteiger partial charge in [-0.1, -0.05) is 27.7 Å². The van der Waals surface area contributed by atoms with Gasteiger partial charge in [-0.3, -0.25) is 10.2 Å². The van der Waals surface area contributed by atoms with Gasteiger partial charge in [0.2, 0.25) is 0 Å². The number of nitrogens with one attached hydrogen (secondary N) is 1. The Hall–Kier alpha value is -0.590. The first-order valence-electron chi connectivity index (χ1n) is 8.87. The molecule has 0 bridgehead atoms. The predicted octanol–water partition coefficient (Wildman–Crippen LogP) is 3.56. The largest absolute Gasteiger partial charge is 0.300 e. The summed E-state index contributed by atoms with van der Waals surface area (Å²) in [6.45, 7) is 11.5. The van der Waals surface area contributed by atoms with Gasteiger partial charge in [0.25, 0.3) is 0 Å². The van der Waals surface area contributed by atoms with Crippen molar-refractivity contribution in [1.29, 1.82) is 5.26 Å². The maximum Gasteiger partial charge on any atom is 0.108 e. The third-order valence-corrected chi connectivity index (χ3v) is 4.71. The van der Waals surface area contributed by atoms with E-state index < -0.39 is 0 Å². The topological polar surface area (TPSA) is 39.1 Å². The quantitative estimate of drug-likeness (QED) is 0.779. The molecule has 0 aromatic carbocycles. The van der Waals surface area contributed by atoms with Gasteiger partial charge in [-0.05, 0) is 50.4 Å². The van der Waals surface area contributed by atoms with E-state index in [1.54, 1.807) is 0 Å². The Kier molecular flexibility index (Phi) is 5.68. The van der Waals surface area contributed by atoms with Gasteiger partial charge in [-0.15, -0.1) is 0 Å². The summed E-state index contributed by atoms with van der Waals surface area (Å²) in [5, 5.41) is 13.4. The molecule has 2 saturated carbocycles. The number of hydrogen-bond donors (Lipinski definition) is 1. The van der Waals surface area contributed by atoms with Crippen LogP contribution < -0.4 is 5.32 Å². The lowest BCUT2D eigenvalue weighted by Crippen LogP contribution is -2.54. The molecule has 0 aromatic rings. The third-order valence-electron chi connectivity index (χ3n) is 4.71. The van der Waals surface area contributed by atoms with Gasteiger partial charge in [0.1, 0.15) is 5.54 Å². The Morgan fingerprint density at radius 2 is 1.76 bits per heavy atom. The smallest absolute Gasteiger partial charge is 0.108 e. The Labute approximate surface area is 131 Å². The number of nitriles is 1. The number of rotatable bonds is 7. The molecule has 0 aliphatic heterocycles. The standard InChI is InChI=1S/C18H33N3/c1-14(2)11-21(12-15(3)4)17-6-5-9-18(10-17,13-19)20-16-7-8-16/h14-17,20H,5-12H2,1-4H3. The summed E-state index contributed by atoms with van der Waals surface area (Å²) in [7, 11) is 0. The Balaban J connectivity index is 2.03. The van der Waals surface area contributed by atoms with Crippen LogP contribution in [0.25, 0.3) is 0 Å². The van der Waals surface area contributed by atoms with Crippen LogP contribution in [0.15, 0.2) is 0 Å². The first-order chi connectivity index (χ1) is 9.94. The van der Waals surface area contributed by atoms with Crippen LogP contribution in [-0.4, -0.2) is 35.6 Å². The van der Waals surface area contributed by atoms with E-state index in [2.05, 4.69) is 44.0 Å². The lowest BCUT2D eigenvalue weighted by Gasteiger charge is -2.43. The maximum absolute atomic E-state index is 9.75. The summed E-state index contributed by atoms with van der Waals surface area (Å²) in [5.74, 6) is 1.39. The SMILES string of the molecule is CC(C)CN(CC(C)C)C1CCCC(C#N)(NC2CC2)C1. The summed E-state index contributed by atoms with van der Waals surface area (Å²) in [6.07, 6.45) is 7.01. The Morgan fingerprint density at radius 1 is 1.14 bits per heavy atom. The van der Waals surface area contributed by atoms with Gasteiger partial charge in [-0.25, -0.2) is 0 Å². The van der Waals surface area contributed by atoms with Crippen LogP contribution in [0.5, 0.6) is 0 Å². The summed E-state index contributed by atoms with van der Waals surface area (Å²) >= 11 is 0. The van der Waals surface area contributed by atoms with Gasteiger partial charge in [-0.2, -0.15) is 5.26 Å². The van der Waals surface area contributed by atoms with Crippen LogP contribution in [-0.2, 0) is 0 Å². The molecule has 120 valence electrons. The minimum absolute atomic E-state index is 0.254. The zero-order chi connectivity index (χ0) is 15.5. The van der Waals surface area contributed by atoms with Crippen molar-refractivity contribution >= 4 is 0 Å². The molecule has 0 saturated heterocycles. The van der Waals surface area contributed by atoms with E-state index in [0.29, 0.717) is 23.9 Å². The van der Waals surface area contributed by atoms with Crippen molar-refractivity contribution in [2.75, 3.05) is 13.1 Å². The van der Waals surface area contributed by atoms with Crippen molar-refractivity contribution in [3.63, 3.8) is 0 Å². The van der Waals surface area contributed by atoms with Crippen molar-refractivity contribution in [2.24, 2.45) is 11.8 Å².